The highest BCUT2D eigenvalue weighted by Crippen LogP contribution is 2.22. The van der Waals surface area contributed by atoms with Gasteiger partial charge in [-0.3, -0.25) is 4.79 Å². The van der Waals surface area contributed by atoms with Crippen LogP contribution in [0.3, 0.4) is 0 Å². The van der Waals surface area contributed by atoms with Gasteiger partial charge in [0.25, 0.3) is 5.91 Å². The van der Waals surface area contributed by atoms with Gasteiger partial charge in [0.05, 0.1) is 6.10 Å². The lowest BCUT2D eigenvalue weighted by atomic mass is 10.1. The molecule has 0 heterocycles. The normalized spacial score (nSPS) is 13.9. The number of aliphatic hydroxyl groups is 1. The summed E-state index contributed by atoms with van der Waals surface area (Å²) >= 11 is 0. The lowest BCUT2D eigenvalue weighted by Crippen LogP contribution is -2.38. The Hall–Kier alpha value is -1.62. The van der Waals surface area contributed by atoms with Crippen molar-refractivity contribution in [2.75, 3.05) is 6.54 Å². The molecule has 0 aliphatic rings. The molecule has 0 bridgehead atoms. The second-order valence-electron chi connectivity index (χ2n) is 5.26. The number of amides is 1. The van der Waals surface area contributed by atoms with Gasteiger partial charge in [-0.15, -0.1) is 0 Å². The average molecular weight is 283 g/mol. The van der Waals surface area contributed by atoms with Crippen molar-refractivity contribution in [1.29, 1.82) is 0 Å². The monoisotopic (exact) mass is 283 g/mol. The van der Waals surface area contributed by atoms with E-state index < -0.39 is 18.0 Å². The van der Waals surface area contributed by atoms with Crippen molar-refractivity contribution in [3.63, 3.8) is 0 Å². The van der Waals surface area contributed by atoms with Crippen LogP contribution >= 0.6 is 0 Å². The van der Waals surface area contributed by atoms with E-state index >= 15 is 0 Å². The van der Waals surface area contributed by atoms with Gasteiger partial charge in [0.1, 0.15) is 0 Å². The van der Waals surface area contributed by atoms with Gasteiger partial charge in [0, 0.05) is 6.54 Å². The summed E-state index contributed by atoms with van der Waals surface area (Å²) in [4.78, 5) is 11.7. The van der Waals surface area contributed by atoms with Crippen LogP contribution in [0, 0.1) is 11.7 Å². The number of hydrogen-bond acceptors (Lipinski definition) is 3. The Balaban J connectivity index is 2.66. The zero-order valence-electron chi connectivity index (χ0n) is 12.3. The number of rotatable bonds is 6. The number of hydrogen-bond donors (Lipinski definition) is 2. The summed E-state index contributed by atoms with van der Waals surface area (Å²) in [6.07, 6.45) is -1.52. The fourth-order valence-corrected chi connectivity index (χ4v) is 1.56. The molecule has 1 aromatic rings. The molecule has 0 saturated heterocycles. The molecule has 2 N–H and O–H groups in total. The SMILES string of the molecule is CC(C)CNC(=O)C(C)Oc1ccc([C@@H](C)O)cc1F. The number of aliphatic hydroxyl groups excluding tert-OH is 1. The molecule has 0 spiro atoms. The van der Waals surface area contributed by atoms with Crippen LogP contribution in [0.2, 0.25) is 0 Å². The minimum Gasteiger partial charge on any atom is -0.478 e. The molecular formula is C15H22FNO3. The molecule has 0 fully saturated rings. The Morgan fingerprint density at radius 3 is 2.50 bits per heavy atom. The van der Waals surface area contributed by atoms with Crippen molar-refractivity contribution in [3.05, 3.63) is 29.6 Å². The topological polar surface area (TPSA) is 58.6 Å². The maximum absolute atomic E-state index is 13.8. The third-order valence-electron chi connectivity index (χ3n) is 2.80. The van der Waals surface area contributed by atoms with Crippen LogP contribution in [0.5, 0.6) is 5.75 Å². The molecule has 0 aliphatic carbocycles. The lowest BCUT2D eigenvalue weighted by molar-refractivity contribution is -0.127. The molecule has 1 rings (SSSR count). The molecule has 0 aliphatic heterocycles. The van der Waals surface area contributed by atoms with Crippen LogP contribution in [0.15, 0.2) is 18.2 Å². The maximum atomic E-state index is 13.8. The standard InChI is InChI=1S/C15H22FNO3/c1-9(2)8-17-15(19)11(4)20-14-6-5-12(10(3)18)7-13(14)16/h5-7,9-11,18H,8H2,1-4H3,(H,17,19)/t10-,11?/m1/s1. The number of benzene rings is 1. The third kappa shape index (κ3) is 4.81. The number of halogens is 1. The van der Waals surface area contributed by atoms with Gasteiger partial charge in [-0.05, 0) is 37.5 Å². The summed E-state index contributed by atoms with van der Waals surface area (Å²) < 4.78 is 19.1. The zero-order chi connectivity index (χ0) is 15.3. The molecule has 0 saturated carbocycles. The molecule has 20 heavy (non-hydrogen) atoms. The summed E-state index contributed by atoms with van der Waals surface area (Å²) in [5, 5.41) is 12.1. The van der Waals surface area contributed by atoms with Crippen molar-refractivity contribution < 1.29 is 19.0 Å². The molecule has 2 atom stereocenters. The molecule has 112 valence electrons. The Morgan fingerprint density at radius 2 is 2.00 bits per heavy atom. The molecule has 4 nitrogen and oxygen atoms in total. The zero-order valence-corrected chi connectivity index (χ0v) is 12.3. The Morgan fingerprint density at radius 1 is 1.35 bits per heavy atom. The molecule has 1 aromatic carbocycles. The first-order valence-electron chi connectivity index (χ1n) is 6.73. The number of carbonyl (C=O) groups is 1. The van der Waals surface area contributed by atoms with Crippen LogP contribution in [-0.4, -0.2) is 23.7 Å². The van der Waals surface area contributed by atoms with Crippen molar-refractivity contribution in [1.82, 2.24) is 5.32 Å². The second-order valence-corrected chi connectivity index (χ2v) is 5.26. The number of ether oxygens (including phenoxy) is 1. The summed E-state index contributed by atoms with van der Waals surface area (Å²) in [6.45, 7) is 7.64. The van der Waals surface area contributed by atoms with E-state index in [4.69, 9.17) is 4.74 Å². The van der Waals surface area contributed by atoms with E-state index in [0.717, 1.165) is 0 Å². The highest BCUT2D eigenvalue weighted by Gasteiger charge is 2.17. The van der Waals surface area contributed by atoms with E-state index in [9.17, 15) is 14.3 Å². The fourth-order valence-electron chi connectivity index (χ4n) is 1.56. The van der Waals surface area contributed by atoms with E-state index in [1.165, 1.54) is 12.1 Å². The minimum atomic E-state index is -0.777. The molecule has 0 aromatic heterocycles. The Labute approximate surface area is 119 Å². The third-order valence-corrected chi connectivity index (χ3v) is 2.80. The predicted molar refractivity (Wildman–Crippen MR) is 75.0 cm³/mol. The molecule has 5 heteroatoms. The molecular weight excluding hydrogens is 261 g/mol. The van der Waals surface area contributed by atoms with Gasteiger partial charge in [0.2, 0.25) is 0 Å². The first kappa shape index (κ1) is 16.4. The fraction of sp³-hybridized carbons (Fsp3) is 0.533. The highest BCUT2D eigenvalue weighted by molar-refractivity contribution is 5.80. The first-order chi connectivity index (χ1) is 9.31. The minimum absolute atomic E-state index is 0.00148. The summed E-state index contributed by atoms with van der Waals surface area (Å²) in [5.74, 6) is -0.528. The van der Waals surface area contributed by atoms with E-state index in [0.29, 0.717) is 18.0 Å². The van der Waals surface area contributed by atoms with Crippen molar-refractivity contribution in [3.8, 4) is 5.75 Å². The van der Waals surface area contributed by atoms with Crippen LogP contribution in [0.4, 0.5) is 4.39 Å². The van der Waals surface area contributed by atoms with Crippen LogP contribution in [-0.2, 0) is 4.79 Å². The van der Waals surface area contributed by atoms with Gasteiger partial charge < -0.3 is 15.2 Å². The Kier molecular flexibility index (Phi) is 5.95. The second kappa shape index (κ2) is 7.24. The molecule has 1 amide bonds. The largest absolute Gasteiger partial charge is 0.478 e. The first-order valence-corrected chi connectivity index (χ1v) is 6.73. The van der Waals surface area contributed by atoms with E-state index in [2.05, 4.69) is 5.32 Å². The summed E-state index contributed by atoms with van der Waals surface area (Å²) in [6, 6.07) is 4.20. The number of carbonyl (C=O) groups excluding carboxylic acids is 1. The van der Waals surface area contributed by atoms with Crippen molar-refractivity contribution in [2.45, 2.75) is 39.9 Å². The summed E-state index contributed by atoms with van der Waals surface area (Å²) in [5.41, 5.74) is 0.465. The maximum Gasteiger partial charge on any atom is 0.260 e. The van der Waals surface area contributed by atoms with E-state index in [-0.39, 0.29) is 11.7 Å². The van der Waals surface area contributed by atoms with Gasteiger partial charge in [-0.1, -0.05) is 19.9 Å². The highest BCUT2D eigenvalue weighted by atomic mass is 19.1. The van der Waals surface area contributed by atoms with Crippen molar-refractivity contribution in [2.24, 2.45) is 5.92 Å². The van der Waals surface area contributed by atoms with Gasteiger partial charge in [-0.25, -0.2) is 4.39 Å². The van der Waals surface area contributed by atoms with Gasteiger partial charge in [-0.2, -0.15) is 0 Å². The predicted octanol–water partition coefficient (Wildman–Crippen LogP) is 2.42. The van der Waals surface area contributed by atoms with Gasteiger partial charge >= 0.3 is 0 Å². The molecule has 1 unspecified atom stereocenters. The average Bonchev–Trinajstić information content (AvgIpc) is 2.37. The van der Waals surface area contributed by atoms with Crippen LogP contribution < -0.4 is 10.1 Å². The Bertz CT molecular complexity index is 460. The van der Waals surface area contributed by atoms with Crippen LogP contribution in [0.25, 0.3) is 0 Å². The number of nitrogens with one attached hydrogen (secondary N) is 1. The van der Waals surface area contributed by atoms with Crippen LogP contribution in [0.1, 0.15) is 39.4 Å². The molecule has 0 radical (unpaired) electrons. The van der Waals surface area contributed by atoms with Gasteiger partial charge in [0.15, 0.2) is 17.7 Å². The smallest absolute Gasteiger partial charge is 0.260 e. The van der Waals surface area contributed by atoms with E-state index in [1.807, 2.05) is 13.8 Å². The lowest BCUT2D eigenvalue weighted by Gasteiger charge is -2.16. The quantitative estimate of drug-likeness (QED) is 0.843. The van der Waals surface area contributed by atoms with Crippen molar-refractivity contribution >= 4 is 5.91 Å². The van der Waals surface area contributed by atoms with E-state index in [1.54, 1.807) is 19.9 Å². The summed E-state index contributed by atoms with van der Waals surface area (Å²) in [7, 11) is 0.